The van der Waals surface area contributed by atoms with Crippen LogP contribution in [0.4, 0.5) is 0 Å². The van der Waals surface area contributed by atoms with Crippen molar-refractivity contribution in [2.45, 2.75) is 44.2 Å². The van der Waals surface area contributed by atoms with Gasteiger partial charge in [0.05, 0.1) is 5.60 Å². The van der Waals surface area contributed by atoms with Gasteiger partial charge in [-0.1, -0.05) is 0 Å². The van der Waals surface area contributed by atoms with Crippen molar-refractivity contribution in [1.29, 1.82) is 0 Å². The van der Waals surface area contributed by atoms with Crippen molar-refractivity contribution in [1.82, 2.24) is 9.80 Å². The first-order valence-electron chi connectivity index (χ1n) is 6.76. The summed E-state index contributed by atoms with van der Waals surface area (Å²) in [5.41, 5.74) is 4.83. The zero-order valence-electron chi connectivity index (χ0n) is 11.7. The summed E-state index contributed by atoms with van der Waals surface area (Å²) >= 11 is 0. The Bertz CT molecular complexity index is 211. The highest BCUT2D eigenvalue weighted by Crippen LogP contribution is 2.16. The fourth-order valence-electron chi connectivity index (χ4n) is 2.44. The number of likely N-dealkylation sites (tertiary alicyclic amines) is 1. The molecular formula is C13H29N3O. The Labute approximate surface area is 106 Å². The van der Waals surface area contributed by atoms with Gasteiger partial charge in [0.1, 0.15) is 0 Å². The molecule has 0 aromatic rings. The third-order valence-corrected chi connectivity index (χ3v) is 3.92. The molecule has 1 atom stereocenters. The van der Waals surface area contributed by atoms with Crippen molar-refractivity contribution in [2.24, 2.45) is 5.73 Å². The summed E-state index contributed by atoms with van der Waals surface area (Å²) in [7, 11) is 4.33. The van der Waals surface area contributed by atoms with Gasteiger partial charge in [0.15, 0.2) is 0 Å². The summed E-state index contributed by atoms with van der Waals surface area (Å²) in [6.45, 7) is 5.65. The SMILES string of the molecule is CN(C)C1CCN(CCCC(C)(O)CN)CC1. The van der Waals surface area contributed by atoms with Gasteiger partial charge in [-0.15, -0.1) is 0 Å². The molecule has 0 radical (unpaired) electrons. The van der Waals surface area contributed by atoms with Crippen LogP contribution in [0.1, 0.15) is 32.6 Å². The minimum absolute atomic E-state index is 0.357. The molecular weight excluding hydrogens is 214 g/mol. The highest BCUT2D eigenvalue weighted by Gasteiger charge is 2.22. The Morgan fingerprint density at radius 1 is 1.35 bits per heavy atom. The predicted octanol–water partition coefficient (Wildman–Crippen LogP) is 0.502. The second-order valence-corrected chi connectivity index (χ2v) is 5.84. The van der Waals surface area contributed by atoms with Gasteiger partial charge in [-0.05, 0) is 66.3 Å². The van der Waals surface area contributed by atoms with Crippen molar-refractivity contribution >= 4 is 0 Å². The van der Waals surface area contributed by atoms with Crippen LogP contribution in [-0.2, 0) is 0 Å². The largest absolute Gasteiger partial charge is 0.389 e. The summed E-state index contributed by atoms with van der Waals surface area (Å²) in [4.78, 5) is 4.84. The first kappa shape index (κ1) is 14.9. The second kappa shape index (κ2) is 6.69. The van der Waals surface area contributed by atoms with Crippen molar-refractivity contribution in [3.8, 4) is 0 Å². The molecule has 4 nitrogen and oxygen atoms in total. The molecule has 0 aromatic carbocycles. The number of hydrogen-bond acceptors (Lipinski definition) is 4. The van der Waals surface area contributed by atoms with Gasteiger partial charge < -0.3 is 20.6 Å². The molecule has 1 heterocycles. The number of rotatable bonds is 6. The van der Waals surface area contributed by atoms with E-state index in [0.717, 1.165) is 25.4 Å². The molecule has 0 aromatic heterocycles. The fourth-order valence-corrected chi connectivity index (χ4v) is 2.44. The van der Waals surface area contributed by atoms with Gasteiger partial charge in [0.2, 0.25) is 0 Å². The Morgan fingerprint density at radius 3 is 2.41 bits per heavy atom. The quantitative estimate of drug-likeness (QED) is 0.713. The van der Waals surface area contributed by atoms with Crippen LogP contribution in [0.25, 0.3) is 0 Å². The zero-order chi connectivity index (χ0) is 12.9. The Kier molecular flexibility index (Phi) is 5.86. The molecule has 4 heteroatoms. The molecule has 1 aliphatic heterocycles. The number of piperidine rings is 1. The Morgan fingerprint density at radius 2 is 1.94 bits per heavy atom. The average Bonchev–Trinajstić information content (AvgIpc) is 2.29. The van der Waals surface area contributed by atoms with Crippen LogP contribution in [0.5, 0.6) is 0 Å². The van der Waals surface area contributed by atoms with E-state index in [0.29, 0.717) is 6.54 Å². The number of hydrogen-bond donors (Lipinski definition) is 2. The minimum atomic E-state index is -0.679. The van der Waals surface area contributed by atoms with Crippen LogP contribution in [0.15, 0.2) is 0 Å². The van der Waals surface area contributed by atoms with Gasteiger partial charge in [-0.3, -0.25) is 0 Å². The van der Waals surface area contributed by atoms with Crippen molar-refractivity contribution in [2.75, 3.05) is 40.3 Å². The lowest BCUT2D eigenvalue weighted by Crippen LogP contribution is -2.42. The molecule has 0 aliphatic carbocycles. The molecule has 0 amide bonds. The fraction of sp³-hybridized carbons (Fsp3) is 1.00. The van der Waals surface area contributed by atoms with Crippen molar-refractivity contribution in [3.05, 3.63) is 0 Å². The second-order valence-electron chi connectivity index (χ2n) is 5.84. The molecule has 0 saturated carbocycles. The third-order valence-electron chi connectivity index (χ3n) is 3.92. The average molecular weight is 243 g/mol. The van der Waals surface area contributed by atoms with E-state index in [9.17, 15) is 5.11 Å². The highest BCUT2D eigenvalue weighted by molar-refractivity contribution is 4.78. The third kappa shape index (κ3) is 5.34. The monoisotopic (exact) mass is 243 g/mol. The normalized spacial score (nSPS) is 22.9. The van der Waals surface area contributed by atoms with E-state index in [1.165, 1.54) is 25.9 Å². The number of nitrogens with two attached hydrogens (primary N) is 1. The lowest BCUT2D eigenvalue weighted by Gasteiger charge is -2.35. The number of nitrogens with zero attached hydrogens (tertiary/aromatic N) is 2. The van der Waals surface area contributed by atoms with Crippen LogP contribution in [0, 0.1) is 0 Å². The highest BCUT2D eigenvalue weighted by atomic mass is 16.3. The molecule has 17 heavy (non-hydrogen) atoms. The van der Waals surface area contributed by atoms with E-state index >= 15 is 0 Å². The van der Waals surface area contributed by atoms with Crippen LogP contribution in [0.3, 0.4) is 0 Å². The Balaban J connectivity index is 2.14. The summed E-state index contributed by atoms with van der Waals surface area (Å²) < 4.78 is 0. The zero-order valence-corrected chi connectivity index (χ0v) is 11.7. The summed E-state index contributed by atoms with van der Waals surface area (Å²) in [6.07, 6.45) is 4.37. The molecule has 0 bridgehead atoms. The van der Waals surface area contributed by atoms with E-state index in [1.807, 2.05) is 6.92 Å². The van der Waals surface area contributed by atoms with Crippen LogP contribution >= 0.6 is 0 Å². The van der Waals surface area contributed by atoms with Crippen LogP contribution < -0.4 is 5.73 Å². The van der Waals surface area contributed by atoms with Crippen molar-refractivity contribution < 1.29 is 5.11 Å². The molecule has 0 spiro atoms. The van der Waals surface area contributed by atoms with E-state index < -0.39 is 5.60 Å². The lowest BCUT2D eigenvalue weighted by atomic mass is 9.99. The van der Waals surface area contributed by atoms with Gasteiger partial charge >= 0.3 is 0 Å². The van der Waals surface area contributed by atoms with Gasteiger partial charge in [0.25, 0.3) is 0 Å². The van der Waals surface area contributed by atoms with E-state index in [-0.39, 0.29) is 0 Å². The van der Waals surface area contributed by atoms with Crippen molar-refractivity contribution in [3.63, 3.8) is 0 Å². The van der Waals surface area contributed by atoms with Gasteiger partial charge in [-0.25, -0.2) is 0 Å². The Hall–Kier alpha value is -0.160. The predicted molar refractivity (Wildman–Crippen MR) is 72.1 cm³/mol. The number of aliphatic hydroxyl groups is 1. The molecule has 1 saturated heterocycles. The first-order valence-corrected chi connectivity index (χ1v) is 6.76. The smallest absolute Gasteiger partial charge is 0.0741 e. The van der Waals surface area contributed by atoms with Gasteiger partial charge in [0, 0.05) is 12.6 Å². The molecule has 1 aliphatic rings. The summed E-state index contributed by atoms with van der Waals surface area (Å²) in [6, 6.07) is 0.749. The van der Waals surface area contributed by atoms with Gasteiger partial charge in [-0.2, -0.15) is 0 Å². The van der Waals surface area contributed by atoms with Crippen LogP contribution in [-0.4, -0.2) is 66.8 Å². The molecule has 1 unspecified atom stereocenters. The standard InChI is InChI=1S/C13H29N3O/c1-13(17,11-14)7-4-8-16-9-5-12(6-10-16)15(2)3/h12,17H,4-11,14H2,1-3H3. The minimum Gasteiger partial charge on any atom is -0.389 e. The summed E-state index contributed by atoms with van der Waals surface area (Å²) in [5, 5.41) is 9.82. The van der Waals surface area contributed by atoms with E-state index in [1.54, 1.807) is 0 Å². The maximum Gasteiger partial charge on any atom is 0.0741 e. The molecule has 102 valence electrons. The molecule has 1 fully saturated rings. The topological polar surface area (TPSA) is 52.7 Å². The summed E-state index contributed by atoms with van der Waals surface area (Å²) in [5.74, 6) is 0. The lowest BCUT2D eigenvalue weighted by molar-refractivity contribution is 0.0520. The van der Waals surface area contributed by atoms with E-state index in [2.05, 4.69) is 23.9 Å². The molecule has 1 rings (SSSR count). The maximum absolute atomic E-state index is 9.82. The molecule has 3 N–H and O–H groups in total. The first-order chi connectivity index (χ1) is 7.94. The van der Waals surface area contributed by atoms with Crippen LogP contribution in [0.2, 0.25) is 0 Å². The van der Waals surface area contributed by atoms with E-state index in [4.69, 9.17) is 5.73 Å². The maximum atomic E-state index is 9.82.